The average Bonchev–Trinajstić information content (AvgIpc) is 3.36. The first-order chi connectivity index (χ1) is 34.5. The van der Waals surface area contributed by atoms with E-state index in [1.807, 2.05) is 6.08 Å². The Morgan fingerprint density at radius 3 is 1.13 bits per heavy atom. The molecule has 0 saturated carbocycles. The standard InChI is InChI=1S/C64H117NO5/c1-3-5-7-9-11-13-15-17-19-20-26-29-32-36-40-44-48-52-56-62(67)61(60-66)65-63(68)57-53-49-45-41-37-33-30-27-24-22-21-23-25-28-31-35-39-43-47-51-55-59-70-64(69)58-54-50-46-42-38-34-18-16-14-12-10-8-6-4-2/h10,12,16,18,35,39,47,51-52,56,61-62,66-67H,3-9,11,13-15,17,19-34,36-38,40-46,48-50,53-55,57-60H2,1-2H3,(H,65,68)/b12-10-,18-16-,39-35-,51-47-,56-52+. The number of hydrogen-bond donors (Lipinski definition) is 3. The van der Waals surface area contributed by atoms with Crippen molar-refractivity contribution in [1.29, 1.82) is 0 Å². The Bertz CT molecular complexity index is 1220. The van der Waals surface area contributed by atoms with Crippen LogP contribution in [0.2, 0.25) is 0 Å². The van der Waals surface area contributed by atoms with Crippen molar-refractivity contribution in [2.45, 2.75) is 321 Å². The third-order valence-corrected chi connectivity index (χ3v) is 13.8. The molecule has 0 aromatic carbocycles. The van der Waals surface area contributed by atoms with E-state index in [-0.39, 0.29) is 18.5 Å². The Labute approximate surface area is 435 Å². The predicted molar refractivity (Wildman–Crippen MR) is 305 cm³/mol. The lowest BCUT2D eigenvalue weighted by atomic mass is 10.0. The second-order valence-electron chi connectivity index (χ2n) is 20.7. The SMILES string of the molecule is CCCC/C=C\C/C=C\CCCCCCCC(=O)OCC/C=C\C/C=C\CCCCCCCCCCCCCCCCC(=O)NC(CO)C(O)/C=C/CCCCCCCCCCCCCCCCCC. The molecule has 0 aliphatic carbocycles. The van der Waals surface area contributed by atoms with E-state index in [1.54, 1.807) is 6.08 Å². The summed E-state index contributed by atoms with van der Waals surface area (Å²) in [5.74, 6) is -0.123. The van der Waals surface area contributed by atoms with Crippen LogP contribution in [-0.4, -0.2) is 47.4 Å². The van der Waals surface area contributed by atoms with Crippen LogP contribution >= 0.6 is 0 Å². The van der Waals surface area contributed by atoms with Crippen molar-refractivity contribution in [3.05, 3.63) is 60.8 Å². The van der Waals surface area contributed by atoms with Crippen LogP contribution < -0.4 is 5.32 Å². The summed E-state index contributed by atoms with van der Waals surface area (Å²) in [5, 5.41) is 23.2. The molecule has 0 saturated heterocycles. The largest absolute Gasteiger partial charge is 0.465 e. The van der Waals surface area contributed by atoms with Crippen molar-refractivity contribution in [2.75, 3.05) is 13.2 Å². The molecule has 0 aliphatic heterocycles. The fraction of sp³-hybridized carbons (Fsp3) is 0.812. The molecule has 6 nitrogen and oxygen atoms in total. The fourth-order valence-electron chi connectivity index (χ4n) is 9.08. The van der Waals surface area contributed by atoms with E-state index in [9.17, 15) is 19.8 Å². The Balaban J connectivity index is 3.50. The van der Waals surface area contributed by atoms with Gasteiger partial charge in [0.25, 0.3) is 0 Å². The molecule has 0 radical (unpaired) electrons. The maximum atomic E-state index is 12.5. The molecule has 0 fully saturated rings. The number of amides is 1. The highest BCUT2D eigenvalue weighted by Crippen LogP contribution is 2.17. The zero-order valence-corrected chi connectivity index (χ0v) is 46.5. The number of ether oxygens (including phenoxy) is 1. The van der Waals surface area contributed by atoms with Crippen LogP contribution in [-0.2, 0) is 14.3 Å². The molecule has 0 bridgehead atoms. The van der Waals surface area contributed by atoms with E-state index >= 15 is 0 Å². The van der Waals surface area contributed by atoms with Crippen molar-refractivity contribution in [2.24, 2.45) is 0 Å². The summed E-state index contributed by atoms with van der Waals surface area (Å²) < 4.78 is 5.40. The van der Waals surface area contributed by atoms with Gasteiger partial charge in [-0.15, -0.1) is 0 Å². The summed E-state index contributed by atoms with van der Waals surface area (Å²) in [5.41, 5.74) is 0. The lowest BCUT2D eigenvalue weighted by molar-refractivity contribution is -0.143. The zero-order chi connectivity index (χ0) is 50.7. The Morgan fingerprint density at radius 1 is 0.400 bits per heavy atom. The highest BCUT2D eigenvalue weighted by Gasteiger charge is 2.18. The van der Waals surface area contributed by atoms with Crippen molar-refractivity contribution in [1.82, 2.24) is 5.32 Å². The smallest absolute Gasteiger partial charge is 0.305 e. The quantitative estimate of drug-likeness (QED) is 0.0321. The summed E-state index contributed by atoms with van der Waals surface area (Å²) in [6.45, 7) is 4.75. The van der Waals surface area contributed by atoms with Gasteiger partial charge in [0.05, 0.1) is 25.4 Å². The van der Waals surface area contributed by atoms with Crippen LogP contribution in [0.25, 0.3) is 0 Å². The van der Waals surface area contributed by atoms with Crippen LogP contribution in [0, 0.1) is 0 Å². The van der Waals surface area contributed by atoms with Gasteiger partial charge in [-0.1, -0.05) is 280 Å². The molecular formula is C64H117NO5. The fourth-order valence-corrected chi connectivity index (χ4v) is 9.08. The average molecular weight is 981 g/mol. The highest BCUT2D eigenvalue weighted by atomic mass is 16.5. The molecule has 2 atom stereocenters. The Kier molecular flexibility index (Phi) is 57.1. The summed E-state index contributed by atoms with van der Waals surface area (Å²) in [7, 11) is 0. The second-order valence-corrected chi connectivity index (χ2v) is 20.7. The number of hydrogen-bond acceptors (Lipinski definition) is 5. The highest BCUT2D eigenvalue weighted by molar-refractivity contribution is 5.76. The van der Waals surface area contributed by atoms with Crippen molar-refractivity contribution >= 4 is 11.9 Å². The van der Waals surface area contributed by atoms with Gasteiger partial charge in [0.15, 0.2) is 0 Å². The van der Waals surface area contributed by atoms with E-state index in [2.05, 4.69) is 67.8 Å². The molecule has 70 heavy (non-hydrogen) atoms. The number of aliphatic hydroxyl groups excluding tert-OH is 2. The zero-order valence-electron chi connectivity index (χ0n) is 46.5. The molecule has 0 aromatic heterocycles. The molecule has 1 amide bonds. The van der Waals surface area contributed by atoms with Crippen LogP contribution in [0.15, 0.2) is 60.8 Å². The number of rotatable bonds is 56. The molecule has 6 heteroatoms. The normalized spacial score (nSPS) is 13.0. The van der Waals surface area contributed by atoms with Gasteiger partial charge < -0.3 is 20.3 Å². The van der Waals surface area contributed by atoms with Crippen molar-refractivity contribution in [3.63, 3.8) is 0 Å². The minimum Gasteiger partial charge on any atom is -0.465 e. The predicted octanol–water partition coefficient (Wildman–Crippen LogP) is 19.1. The molecular weight excluding hydrogens is 863 g/mol. The molecule has 0 spiro atoms. The van der Waals surface area contributed by atoms with Crippen molar-refractivity contribution < 1.29 is 24.5 Å². The molecule has 0 rings (SSSR count). The number of carbonyl (C=O) groups is 2. The first kappa shape index (κ1) is 67.6. The lowest BCUT2D eigenvalue weighted by Crippen LogP contribution is -2.45. The molecule has 0 heterocycles. The van der Waals surface area contributed by atoms with E-state index < -0.39 is 12.1 Å². The van der Waals surface area contributed by atoms with E-state index in [0.717, 1.165) is 64.2 Å². The first-order valence-electron chi connectivity index (χ1n) is 30.6. The Morgan fingerprint density at radius 2 is 0.729 bits per heavy atom. The number of aliphatic hydroxyl groups is 2. The van der Waals surface area contributed by atoms with Crippen LogP contribution in [0.5, 0.6) is 0 Å². The number of nitrogens with one attached hydrogen (secondary N) is 1. The number of allylic oxidation sites excluding steroid dienone is 8. The third kappa shape index (κ3) is 54.9. The minimum absolute atomic E-state index is 0.0510. The lowest BCUT2D eigenvalue weighted by Gasteiger charge is -2.20. The first-order valence-corrected chi connectivity index (χ1v) is 30.6. The summed E-state index contributed by atoms with van der Waals surface area (Å²) >= 11 is 0. The summed E-state index contributed by atoms with van der Waals surface area (Å²) in [6.07, 6.45) is 76.9. The molecule has 3 N–H and O–H groups in total. The van der Waals surface area contributed by atoms with Gasteiger partial charge in [0.2, 0.25) is 5.91 Å². The summed E-state index contributed by atoms with van der Waals surface area (Å²) in [4.78, 5) is 24.5. The van der Waals surface area contributed by atoms with Crippen molar-refractivity contribution in [3.8, 4) is 0 Å². The number of esters is 1. The van der Waals surface area contributed by atoms with Gasteiger partial charge in [0, 0.05) is 12.8 Å². The summed E-state index contributed by atoms with van der Waals surface area (Å²) in [6, 6.07) is -0.634. The molecule has 0 aliphatic rings. The van der Waals surface area contributed by atoms with Crippen LogP contribution in [0.4, 0.5) is 0 Å². The van der Waals surface area contributed by atoms with Crippen LogP contribution in [0.1, 0.15) is 309 Å². The van der Waals surface area contributed by atoms with Gasteiger partial charge in [-0.05, 0) is 77.0 Å². The number of carbonyl (C=O) groups excluding carboxylic acids is 2. The maximum absolute atomic E-state index is 12.5. The maximum Gasteiger partial charge on any atom is 0.305 e. The van der Waals surface area contributed by atoms with E-state index in [0.29, 0.717) is 19.4 Å². The number of unbranched alkanes of at least 4 members (excludes halogenated alkanes) is 37. The van der Waals surface area contributed by atoms with Crippen LogP contribution in [0.3, 0.4) is 0 Å². The monoisotopic (exact) mass is 980 g/mol. The third-order valence-electron chi connectivity index (χ3n) is 13.8. The van der Waals surface area contributed by atoms with Gasteiger partial charge in [-0.3, -0.25) is 9.59 Å². The van der Waals surface area contributed by atoms with Gasteiger partial charge >= 0.3 is 5.97 Å². The van der Waals surface area contributed by atoms with E-state index in [4.69, 9.17) is 4.74 Å². The Hall–Kier alpha value is -2.44. The minimum atomic E-state index is -0.850. The molecule has 408 valence electrons. The second kappa shape index (κ2) is 59.1. The molecule has 0 aromatic rings. The topological polar surface area (TPSA) is 95.9 Å². The van der Waals surface area contributed by atoms with Gasteiger partial charge in [0.1, 0.15) is 0 Å². The van der Waals surface area contributed by atoms with E-state index in [1.165, 1.54) is 218 Å². The van der Waals surface area contributed by atoms with Gasteiger partial charge in [-0.25, -0.2) is 0 Å². The molecule has 2 unspecified atom stereocenters. The van der Waals surface area contributed by atoms with Gasteiger partial charge in [-0.2, -0.15) is 0 Å².